The molecule has 0 heterocycles. The number of nitro groups is 1. The Morgan fingerprint density at radius 1 is 1.35 bits per heavy atom. The Bertz CT molecular complexity index is 430. The molecule has 0 spiro atoms. The van der Waals surface area contributed by atoms with Gasteiger partial charge < -0.3 is 15.9 Å². The minimum Gasteiger partial charge on any atom is -0.504 e. The molecule has 1 rings (SSSR count). The molecule has 1 aromatic rings. The van der Waals surface area contributed by atoms with Crippen LogP contribution in [0, 0.1) is 10.1 Å². The number of hydrogen-bond donors (Lipinski definition) is 3. The molecular weight excluding hydrogens is 262 g/mol. The van der Waals surface area contributed by atoms with E-state index in [9.17, 15) is 18.9 Å². The van der Waals surface area contributed by atoms with Gasteiger partial charge in [-0.2, -0.15) is 0 Å². The third-order valence-electron chi connectivity index (χ3n) is 1.95. The third-order valence-corrected chi connectivity index (χ3v) is 1.95. The van der Waals surface area contributed by atoms with Gasteiger partial charge in [0.2, 0.25) is 5.75 Å². The molecule has 0 fully saturated rings. The second-order valence-electron chi connectivity index (χ2n) is 3.03. The van der Waals surface area contributed by atoms with Gasteiger partial charge in [0.15, 0.2) is 5.75 Å². The van der Waals surface area contributed by atoms with Crippen LogP contribution in [0.5, 0.6) is 11.5 Å². The maximum atomic E-state index is 12.2. The van der Waals surface area contributed by atoms with Gasteiger partial charge in [0, 0.05) is 6.07 Å². The zero-order valence-corrected chi connectivity index (χ0v) is 9.03. The molecular formula is C8H9ClF2N2O4. The van der Waals surface area contributed by atoms with Crippen molar-refractivity contribution in [3.63, 3.8) is 0 Å². The molecule has 1 aromatic carbocycles. The Morgan fingerprint density at radius 2 is 1.88 bits per heavy atom. The van der Waals surface area contributed by atoms with Gasteiger partial charge in [0.1, 0.15) is 0 Å². The van der Waals surface area contributed by atoms with E-state index in [2.05, 4.69) is 0 Å². The summed E-state index contributed by atoms with van der Waals surface area (Å²) in [6.07, 6.45) is -2.93. The first kappa shape index (κ1) is 15.3. The topological polar surface area (TPSA) is 110 Å². The van der Waals surface area contributed by atoms with Gasteiger partial charge >= 0.3 is 5.69 Å². The number of benzene rings is 1. The fourth-order valence-electron chi connectivity index (χ4n) is 1.10. The van der Waals surface area contributed by atoms with Gasteiger partial charge in [0.25, 0.3) is 6.43 Å². The van der Waals surface area contributed by atoms with Crippen LogP contribution in [0.15, 0.2) is 12.1 Å². The van der Waals surface area contributed by atoms with Crippen LogP contribution in [0.25, 0.3) is 0 Å². The highest BCUT2D eigenvalue weighted by molar-refractivity contribution is 5.85. The molecule has 0 saturated carbocycles. The van der Waals surface area contributed by atoms with Crippen molar-refractivity contribution in [1.29, 1.82) is 0 Å². The van der Waals surface area contributed by atoms with Crippen LogP contribution in [0.4, 0.5) is 14.5 Å². The van der Waals surface area contributed by atoms with Crippen LogP contribution in [0.3, 0.4) is 0 Å². The summed E-state index contributed by atoms with van der Waals surface area (Å²) < 4.78 is 24.5. The van der Waals surface area contributed by atoms with E-state index >= 15 is 0 Å². The van der Waals surface area contributed by atoms with Gasteiger partial charge in [-0.05, 0) is 11.6 Å². The molecule has 0 aliphatic heterocycles. The van der Waals surface area contributed by atoms with Gasteiger partial charge in [-0.25, -0.2) is 8.78 Å². The van der Waals surface area contributed by atoms with E-state index in [0.717, 1.165) is 6.07 Å². The van der Waals surface area contributed by atoms with Gasteiger partial charge in [-0.1, -0.05) is 0 Å². The lowest BCUT2D eigenvalue weighted by molar-refractivity contribution is -0.386. The molecule has 0 unspecified atom stereocenters. The van der Waals surface area contributed by atoms with Crippen LogP contribution in [-0.2, 0) is 0 Å². The first-order valence-electron chi connectivity index (χ1n) is 4.08. The normalized spacial score (nSPS) is 12.0. The molecule has 96 valence electrons. The van der Waals surface area contributed by atoms with E-state index in [1.807, 2.05) is 0 Å². The van der Waals surface area contributed by atoms with Gasteiger partial charge in [0.05, 0.1) is 11.0 Å². The van der Waals surface area contributed by atoms with E-state index in [0.29, 0.717) is 6.07 Å². The number of halogens is 3. The van der Waals surface area contributed by atoms with Gasteiger partial charge in [-0.15, -0.1) is 12.4 Å². The van der Waals surface area contributed by atoms with E-state index in [1.165, 1.54) is 0 Å². The first-order chi connectivity index (χ1) is 7.34. The number of phenols is 2. The molecule has 6 nitrogen and oxygen atoms in total. The maximum absolute atomic E-state index is 12.2. The smallest absolute Gasteiger partial charge is 0.314 e. The molecule has 0 amide bonds. The number of nitro benzene ring substituents is 1. The zero-order chi connectivity index (χ0) is 12.5. The average Bonchev–Trinajstić information content (AvgIpc) is 2.20. The summed E-state index contributed by atoms with van der Waals surface area (Å²) in [6.45, 7) is 0. The minimum absolute atomic E-state index is 0. The Kier molecular flexibility index (Phi) is 5.05. The van der Waals surface area contributed by atoms with Crippen molar-refractivity contribution in [2.24, 2.45) is 5.73 Å². The Labute approximate surface area is 100 Å². The van der Waals surface area contributed by atoms with Gasteiger partial charge in [-0.3, -0.25) is 10.1 Å². The third kappa shape index (κ3) is 3.14. The monoisotopic (exact) mass is 270 g/mol. The molecule has 0 aliphatic carbocycles. The fraction of sp³-hybridized carbons (Fsp3) is 0.250. The highest BCUT2D eigenvalue weighted by Gasteiger charge is 2.24. The van der Waals surface area contributed by atoms with E-state index in [-0.39, 0.29) is 18.0 Å². The number of rotatable bonds is 3. The summed E-state index contributed by atoms with van der Waals surface area (Å²) in [6, 6.07) is -0.296. The van der Waals surface area contributed by atoms with E-state index in [1.54, 1.807) is 0 Å². The maximum Gasteiger partial charge on any atom is 0.314 e. The predicted octanol–water partition coefficient (Wildman–Crippen LogP) is 1.69. The molecule has 0 aliphatic rings. The Hall–Kier alpha value is -1.67. The van der Waals surface area contributed by atoms with Crippen LogP contribution in [0.1, 0.15) is 11.6 Å². The number of hydrogen-bond acceptors (Lipinski definition) is 5. The van der Waals surface area contributed by atoms with Crippen molar-refractivity contribution in [2.75, 3.05) is 0 Å². The second kappa shape index (κ2) is 5.60. The SMILES string of the molecule is Cl.N[C@H](c1cc(O)c(O)c([N+](=O)[O-])c1)C(F)F. The number of alkyl halides is 2. The molecule has 4 N–H and O–H groups in total. The fourth-order valence-corrected chi connectivity index (χ4v) is 1.10. The van der Waals surface area contributed by atoms with Crippen LogP contribution >= 0.6 is 12.4 Å². The van der Waals surface area contributed by atoms with Crippen LogP contribution < -0.4 is 5.73 Å². The molecule has 0 aromatic heterocycles. The van der Waals surface area contributed by atoms with Crippen molar-refractivity contribution in [2.45, 2.75) is 12.5 Å². The minimum atomic E-state index is -2.93. The molecule has 9 heteroatoms. The first-order valence-corrected chi connectivity index (χ1v) is 4.08. The highest BCUT2D eigenvalue weighted by atomic mass is 35.5. The Balaban J connectivity index is 0.00000256. The lowest BCUT2D eigenvalue weighted by Gasteiger charge is -2.11. The highest BCUT2D eigenvalue weighted by Crippen LogP contribution is 2.38. The van der Waals surface area contributed by atoms with E-state index in [4.69, 9.17) is 15.9 Å². The van der Waals surface area contributed by atoms with Crippen LogP contribution in [0.2, 0.25) is 0 Å². The molecule has 0 bridgehead atoms. The van der Waals surface area contributed by atoms with E-state index < -0.39 is 34.6 Å². The number of aromatic hydroxyl groups is 2. The zero-order valence-electron chi connectivity index (χ0n) is 8.21. The standard InChI is InChI=1S/C8H8F2N2O4.ClH/c9-8(10)6(11)3-1-4(12(15)16)7(14)5(13)2-3;/h1-2,6,8,13-14H,11H2;1H/t6-;/m1./s1. The molecule has 17 heavy (non-hydrogen) atoms. The van der Waals surface area contributed by atoms with Crippen molar-refractivity contribution in [3.8, 4) is 11.5 Å². The van der Waals surface area contributed by atoms with Crippen molar-refractivity contribution in [3.05, 3.63) is 27.8 Å². The van der Waals surface area contributed by atoms with Crippen molar-refractivity contribution >= 4 is 18.1 Å². The lowest BCUT2D eigenvalue weighted by atomic mass is 10.1. The lowest BCUT2D eigenvalue weighted by Crippen LogP contribution is -2.18. The second-order valence-corrected chi connectivity index (χ2v) is 3.03. The molecule has 0 saturated heterocycles. The number of nitrogens with two attached hydrogens (primary N) is 1. The summed E-state index contributed by atoms with van der Waals surface area (Å²) in [5, 5.41) is 28.6. The summed E-state index contributed by atoms with van der Waals surface area (Å²) >= 11 is 0. The van der Waals surface area contributed by atoms with Crippen LogP contribution in [-0.4, -0.2) is 21.6 Å². The molecule has 1 atom stereocenters. The van der Waals surface area contributed by atoms with Crippen molar-refractivity contribution in [1.82, 2.24) is 0 Å². The Morgan fingerprint density at radius 3 is 2.29 bits per heavy atom. The summed E-state index contributed by atoms with van der Waals surface area (Å²) in [5.74, 6) is -1.84. The van der Waals surface area contributed by atoms with Crippen molar-refractivity contribution < 1.29 is 23.9 Å². The number of nitrogens with zero attached hydrogens (tertiary/aromatic N) is 1. The summed E-state index contributed by atoms with van der Waals surface area (Å²) in [7, 11) is 0. The number of phenolic OH excluding ortho intramolecular Hbond substituents is 2. The summed E-state index contributed by atoms with van der Waals surface area (Å²) in [5.41, 5.74) is 3.87. The largest absolute Gasteiger partial charge is 0.504 e. The quantitative estimate of drug-likeness (QED) is 0.440. The average molecular weight is 271 g/mol. The predicted molar refractivity (Wildman–Crippen MR) is 56.6 cm³/mol. The summed E-state index contributed by atoms with van der Waals surface area (Å²) in [4.78, 5) is 9.42. The molecule has 0 radical (unpaired) electrons.